The first-order valence-corrected chi connectivity index (χ1v) is 13.2. The van der Waals surface area contributed by atoms with Crippen LogP contribution >= 0.6 is 0 Å². The summed E-state index contributed by atoms with van der Waals surface area (Å²) in [5.41, 5.74) is 6.90. The van der Waals surface area contributed by atoms with Crippen LogP contribution in [0.4, 0.5) is 13.2 Å². The van der Waals surface area contributed by atoms with Crippen LogP contribution < -0.4 is 10.5 Å². The number of alkyl halides is 3. The number of nitriles is 1. The predicted octanol–water partition coefficient (Wildman–Crippen LogP) is 4.01. The molecule has 1 saturated heterocycles. The Kier molecular flexibility index (Phi) is 6.67. The third-order valence-corrected chi connectivity index (χ3v) is 7.93. The van der Waals surface area contributed by atoms with E-state index < -0.39 is 17.4 Å². The lowest BCUT2D eigenvalue weighted by Crippen LogP contribution is -2.65. The topological polar surface area (TPSA) is 135 Å². The molecule has 2 aliphatic rings. The van der Waals surface area contributed by atoms with E-state index in [1.807, 2.05) is 23.1 Å². The second-order valence-electron chi connectivity index (χ2n) is 10.5. The minimum atomic E-state index is -4.56. The molecule has 13 heteroatoms. The fraction of sp³-hybridized carbons (Fsp3) is 0.444. The molecule has 4 aromatic rings. The highest BCUT2D eigenvalue weighted by molar-refractivity contribution is 5.90. The summed E-state index contributed by atoms with van der Waals surface area (Å²) < 4.78 is 47.5. The summed E-state index contributed by atoms with van der Waals surface area (Å²) in [6, 6.07) is 7.00. The molecule has 3 N–H and O–H groups in total. The number of fused-ring (bicyclic) bond motifs is 1. The molecule has 5 heterocycles. The molecule has 4 aromatic heterocycles. The first kappa shape index (κ1) is 26.2. The van der Waals surface area contributed by atoms with Crippen LogP contribution in [0, 0.1) is 11.3 Å². The molecular formula is C27H28F3N9O. The van der Waals surface area contributed by atoms with Crippen LogP contribution in [0.15, 0.2) is 43.1 Å². The highest BCUT2D eigenvalue weighted by Crippen LogP contribution is 2.39. The van der Waals surface area contributed by atoms with Crippen molar-refractivity contribution in [2.45, 2.75) is 62.5 Å². The number of likely N-dealkylation sites (tertiary alicyclic amines) is 1. The Morgan fingerprint density at radius 2 is 1.98 bits per heavy atom. The van der Waals surface area contributed by atoms with Gasteiger partial charge in [-0.3, -0.25) is 9.58 Å². The van der Waals surface area contributed by atoms with Gasteiger partial charge in [0.15, 0.2) is 0 Å². The number of pyridine rings is 1. The van der Waals surface area contributed by atoms with Gasteiger partial charge >= 0.3 is 6.18 Å². The summed E-state index contributed by atoms with van der Waals surface area (Å²) in [5, 5.41) is 15.1. The van der Waals surface area contributed by atoms with Crippen LogP contribution in [0.25, 0.3) is 22.3 Å². The average Bonchev–Trinajstić information content (AvgIpc) is 3.61. The fourth-order valence-corrected chi connectivity index (χ4v) is 5.84. The molecule has 1 aliphatic carbocycles. The number of nitrogens with zero attached hydrogens (tertiary/aromatic N) is 7. The minimum absolute atomic E-state index is 0.0264. The highest BCUT2D eigenvalue weighted by atomic mass is 19.4. The summed E-state index contributed by atoms with van der Waals surface area (Å²) in [5.74, 6) is -0.0363. The molecule has 1 aliphatic heterocycles. The van der Waals surface area contributed by atoms with Crippen molar-refractivity contribution in [1.82, 2.24) is 34.6 Å². The van der Waals surface area contributed by atoms with E-state index in [2.05, 4.69) is 36.0 Å². The van der Waals surface area contributed by atoms with E-state index in [4.69, 9.17) is 10.5 Å². The number of nitrogens with two attached hydrogens (primary N) is 1. The quantitative estimate of drug-likeness (QED) is 0.352. The van der Waals surface area contributed by atoms with Crippen molar-refractivity contribution in [2.75, 3.05) is 13.1 Å². The molecule has 208 valence electrons. The monoisotopic (exact) mass is 551 g/mol. The lowest BCUT2D eigenvalue weighted by molar-refractivity contribution is -0.141. The van der Waals surface area contributed by atoms with E-state index in [1.54, 1.807) is 6.20 Å². The van der Waals surface area contributed by atoms with Crippen LogP contribution in [0.5, 0.6) is 5.88 Å². The van der Waals surface area contributed by atoms with E-state index in [0.29, 0.717) is 44.0 Å². The molecule has 0 atom stereocenters. The van der Waals surface area contributed by atoms with Crippen molar-refractivity contribution in [3.63, 3.8) is 0 Å². The maximum atomic E-state index is 13.2. The summed E-state index contributed by atoms with van der Waals surface area (Å²) >= 11 is 0. The van der Waals surface area contributed by atoms with Gasteiger partial charge in [0, 0.05) is 55.1 Å². The smallest absolute Gasteiger partial charge is 0.433 e. The van der Waals surface area contributed by atoms with Gasteiger partial charge in [0.1, 0.15) is 29.3 Å². The zero-order valence-electron chi connectivity index (χ0n) is 21.6. The Balaban J connectivity index is 1.09. The molecule has 40 heavy (non-hydrogen) atoms. The van der Waals surface area contributed by atoms with Crippen LogP contribution in [-0.2, 0) is 18.3 Å². The Bertz CT molecular complexity index is 1540. The van der Waals surface area contributed by atoms with E-state index in [-0.39, 0.29) is 18.5 Å². The maximum absolute atomic E-state index is 13.2. The van der Waals surface area contributed by atoms with E-state index >= 15 is 0 Å². The number of H-pyrrole nitrogens is 1. The lowest BCUT2D eigenvalue weighted by Gasteiger charge is -2.53. The van der Waals surface area contributed by atoms with E-state index in [1.165, 1.54) is 12.4 Å². The summed E-state index contributed by atoms with van der Waals surface area (Å²) in [7, 11) is 0. The van der Waals surface area contributed by atoms with Crippen molar-refractivity contribution in [1.29, 1.82) is 5.26 Å². The molecule has 0 spiro atoms. The molecule has 0 unspecified atom stereocenters. The van der Waals surface area contributed by atoms with Gasteiger partial charge in [-0.25, -0.2) is 15.0 Å². The lowest BCUT2D eigenvalue weighted by atomic mass is 9.82. The number of hydrogen-bond donors (Lipinski definition) is 2. The van der Waals surface area contributed by atoms with Crippen molar-refractivity contribution < 1.29 is 17.9 Å². The Morgan fingerprint density at radius 1 is 1.18 bits per heavy atom. The summed E-state index contributed by atoms with van der Waals surface area (Å²) in [6.07, 6.45) is 5.70. The molecular weight excluding hydrogens is 523 g/mol. The van der Waals surface area contributed by atoms with Gasteiger partial charge in [0.25, 0.3) is 0 Å². The third-order valence-electron chi connectivity index (χ3n) is 7.93. The standard InChI is InChI=1S/C27H28F3N9O/c28-27(29,30)22-9-17(11-32)10-23(37-22)40-20-3-1-19(2-4-20)38-14-26(15-38,6-7-31)39-13-18(12-36-39)24-21-5-8-33-25(21)35-16-34-24/h5,8-10,12-13,16,19-20H,1-4,6,11,14-15,32H2,(H,33,34,35). The van der Waals surface area contributed by atoms with Crippen LogP contribution in [0.2, 0.25) is 0 Å². The van der Waals surface area contributed by atoms with Crippen LogP contribution in [0.3, 0.4) is 0 Å². The Labute approximate surface area is 228 Å². The second kappa shape index (κ2) is 10.2. The number of aromatic nitrogens is 6. The molecule has 0 bridgehead atoms. The molecule has 2 fully saturated rings. The van der Waals surface area contributed by atoms with Gasteiger partial charge in [-0.05, 0) is 43.4 Å². The average molecular weight is 552 g/mol. The SMILES string of the molecule is N#CCC1(n2cc(-c3ncnc4[nH]ccc34)cn2)CN(C2CCC(Oc3cc(CN)cc(C(F)(F)F)n3)CC2)C1. The van der Waals surface area contributed by atoms with Crippen molar-refractivity contribution in [3.05, 3.63) is 54.4 Å². The first-order chi connectivity index (χ1) is 19.3. The molecule has 1 saturated carbocycles. The number of ether oxygens (including phenoxy) is 1. The van der Waals surface area contributed by atoms with Gasteiger partial charge < -0.3 is 15.5 Å². The van der Waals surface area contributed by atoms with Gasteiger partial charge in [0.05, 0.1) is 24.4 Å². The number of nitrogens with one attached hydrogen (secondary N) is 1. The van der Waals surface area contributed by atoms with E-state index in [0.717, 1.165) is 41.2 Å². The largest absolute Gasteiger partial charge is 0.474 e. The zero-order chi connectivity index (χ0) is 27.9. The highest BCUT2D eigenvalue weighted by Gasteiger charge is 2.48. The van der Waals surface area contributed by atoms with Gasteiger partial charge in [0.2, 0.25) is 5.88 Å². The minimum Gasteiger partial charge on any atom is -0.474 e. The van der Waals surface area contributed by atoms with E-state index in [9.17, 15) is 18.4 Å². The number of halogens is 3. The molecule has 0 amide bonds. The number of rotatable bonds is 7. The van der Waals surface area contributed by atoms with Crippen molar-refractivity contribution >= 4 is 11.0 Å². The number of hydrogen-bond acceptors (Lipinski definition) is 8. The van der Waals surface area contributed by atoms with Crippen LogP contribution in [0.1, 0.15) is 43.4 Å². The summed E-state index contributed by atoms with van der Waals surface area (Å²) in [4.78, 5) is 17.8. The van der Waals surface area contributed by atoms with Crippen molar-refractivity contribution in [2.24, 2.45) is 5.73 Å². The van der Waals surface area contributed by atoms with Gasteiger partial charge in [-0.1, -0.05) is 0 Å². The molecule has 10 nitrogen and oxygen atoms in total. The Hall–Kier alpha value is -4.02. The van der Waals surface area contributed by atoms with Gasteiger partial charge in [-0.15, -0.1) is 0 Å². The normalized spacial score (nSPS) is 21.2. The number of aromatic amines is 1. The van der Waals surface area contributed by atoms with Crippen LogP contribution in [-0.4, -0.2) is 59.9 Å². The summed E-state index contributed by atoms with van der Waals surface area (Å²) in [6.45, 7) is 1.36. The third kappa shape index (κ3) is 4.89. The zero-order valence-corrected chi connectivity index (χ0v) is 21.6. The predicted molar refractivity (Wildman–Crippen MR) is 139 cm³/mol. The molecule has 0 radical (unpaired) electrons. The van der Waals surface area contributed by atoms with Crippen molar-refractivity contribution in [3.8, 4) is 23.2 Å². The second-order valence-corrected chi connectivity index (χ2v) is 10.5. The Morgan fingerprint density at radius 3 is 2.70 bits per heavy atom. The molecule has 6 rings (SSSR count). The molecule has 0 aromatic carbocycles. The van der Waals surface area contributed by atoms with Gasteiger partial charge in [-0.2, -0.15) is 23.5 Å². The fourth-order valence-electron chi connectivity index (χ4n) is 5.84. The maximum Gasteiger partial charge on any atom is 0.433 e. The first-order valence-electron chi connectivity index (χ1n) is 13.2.